The van der Waals surface area contributed by atoms with E-state index in [1.807, 2.05) is 31.2 Å². The van der Waals surface area contributed by atoms with Crippen LogP contribution in [-0.2, 0) is 4.79 Å². The second kappa shape index (κ2) is 5.14. The van der Waals surface area contributed by atoms with Crippen LogP contribution in [0.1, 0.15) is 31.2 Å². The van der Waals surface area contributed by atoms with Crippen molar-refractivity contribution >= 4 is 34.8 Å². The summed E-state index contributed by atoms with van der Waals surface area (Å²) in [6.07, 6.45) is 4.35. The number of aryl methyl sites for hydroxylation is 1. The van der Waals surface area contributed by atoms with E-state index in [0.29, 0.717) is 23.7 Å². The molecule has 5 atom stereocenters. The summed E-state index contributed by atoms with van der Waals surface area (Å²) in [5.41, 5.74) is 2.11. The fraction of sp³-hybridized carbons (Fsp3) is 0.611. The molecule has 3 fully saturated rings. The predicted octanol–water partition coefficient (Wildman–Crippen LogP) is 4.79. The maximum Gasteiger partial charge on any atom is 0.228 e. The SMILES string of the molecule is Cc1ccc(NC(=O)C2[C@H]3CC[C@@H]4[C@@H](CC[C@@H]23)C4(Cl)Cl)cc1. The highest BCUT2D eigenvalue weighted by molar-refractivity contribution is 6.51. The number of hydrogen-bond acceptors (Lipinski definition) is 1. The van der Waals surface area contributed by atoms with Crippen molar-refractivity contribution in [2.45, 2.75) is 36.9 Å². The van der Waals surface area contributed by atoms with E-state index in [9.17, 15) is 4.79 Å². The fourth-order valence-corrected chi connectivity index (χ4v) is 5.39. The van der Waals surface area contributed by atoms with Gasteiger partial charge in [-0.3, -0.25) is 4.79 Å². The van der Waals surface area contributed by atoms with Gasteiger partial charge in [-0.1, -0.05) is 17.7 Å². The molecule has 0 aromatic heterocycles. The number of rotatable bonds is 2. The topological polar surface area (TPSA) is 29.1 Å². The minimum atomic E-state index is -0.476. The van der Waals surface area contributed by atoms with Gasteiger partial charge in [-0.25, -0.2) is 0 Å². The molecule has 1 amide bonds. The number of anilines is 1. The van der Waals surface area contributed by atoms with E-state index >= 15 is 0 Å². The minimum Gasteiger partial charge on any atom is -0.326 e. The number of alkyl halides is 2. The molecule has 3 aliphatic carbocycles. The second-order valence-corrected chi connectivity index (χ2v) is 8.70. The van der Waals surface area contributed by atoms with Crippen LogP contribution in [0.25, 0.3) is 0 Å². The molecule has 1 aromatic rings. The zero-order chi connectivity index (χ0) is 15.5. The molecular weight excluding hydrogens is 317 g/mol. The van der Waals surface area contributed by atoms with Gasteiger partial charge >= 0.3 is 0 Å². The third kappa shape index (κ3) is 2.45. The Bertz CT molecular complexity index is 576. The van der Waals surface area contributed by atoms with Gasteiger partial charge in [0.25, 0.3) is 0 Å². The zero-order valence-electron chi connectivity index (χ0n) is 12.7. The molecule has 0 spiro atoms. The summed E-state index contributed by atoms with van der Waals surface area (Å²) >= 11 is 12.7. The Balaban J connectivity index is 1.37. The van der Waals surface area contributed by atoms with Gasteiger partial charge in [0.15, 0.2) is 0 Å². The first kappa shape index (κ1) is 14.8. The number of amides is 1. The van der Waals surface area contributed by atoms with Gasteiger partial charge < -0.3 is 5.32 Å². The van der Waals surface area contributed by atoms with Crippen LogP contribution in [0.2, 0.25) is 0 Å². The Morgan fingerprint density at radius 2 is 1.59 bits per heavy atom. The van der Waals surface area contributed by atoms with Gasteiger partial charge in [0.2, 0.25) is 5.91 Å². The molecule has 0 radical (unpaired) electrons. The van der Waals surface area contributed by atoms with Crippen LogP contribution in [-0.4, -0.2) is 10.2 Å². The van der Waals surface area contributed by atoms with Gasteiger partial charge in [-0.05, 0) is 68.4 Å². The van der Waals surface area contributed by atoms with Crippen LogP contribution < -0.4 is 5.32 Å². The predicted molar refractivity (Wildman–Crippen MR) is 90.2 cm³/mol. The van der Waals surface area contributed by atoms with Crippen LogP contribution in [0.15, 0.2) is 24.3 Å². The lowest BCUT2D eigenvalue weighted by molar-refractivity contribution is -0.117. The molecule has 3 saturated carbocycles. The van der Waals surface area contributed by atoms with E-state index in [4.69, 9.17) is 23.2 Å². The lowest BCUT2D eigenvalue weighted by Gasteiger charge is -2.05. The Kier molecular flexibility index (Phi) is 3.47. The van der Waals surface area contributed by atoms with Crippen LogP contribution in [0.4, 0.5) is 5.69 Å². The van der Waals surface area contributed by atoms with Crippen molar-refractivity contribution in [3.8, 4) is 0 Å². The number of fused-ring (bicyclic) bond motifs is 2. The van der Waals surface area contributed by atoms with E-state index in [1.165, 1.54) is 5.56 Å². The van der Waals surface area contributed by atoms with E-state index in [1.54, 1.807) is 0 Å². The maximum atomic E-state index is 12.5. The summed E-state index contributed by atoms with van der Waals surface area (Å²) in [4.78, 5) is 12.5. The molecule has 22 heavy (non-hydrogen) atoms. The molecule has 1 unspecified atom stereocenters. The van der Waals surface area contributed by atoms with E-state index in [0.717, 1.165) is 31.4 Å². The summed E-state index contributed by atoms with van der Waals surface area (Å²) in [7, 11) is 0. The molecule has 118 valence electrons. The summed E-state index contributed by atoms with van der Waals surface area (Å²) in [6, 6.07) is 8.00. The third-order valence-electron chi connectivity index (χ3n) is 5.94. The summed E-state index contributed by atoms with van der Waals surface area (Å²) in [6.45, 7) is 2.05. The Morgan fingerprint density at radius 3 is 2.14 bits per heavy atom. The standard InChI is InChI=1S/C18H21Cl2NO/c1-10-2-4-11(5-3-10)21-17(22)16-12-6-8-14-15(18(14,19)20)9-7-13(12)16/h2-5,12-16H,6-9H2,1H3,(H,21,22)/t12-,13+,14-,15-,16?/m1/s1. The number of halogens is 2. The second-order valence-electron chi connectivity index (χ2n) is 7.25. The zero-order valence-corrected chi connectivity index (χ0v) is 14.2. The Hall–Kier alpha value is -0.730. The molecule has 0 bridgehead atoms. The maximum absolute atomic E-state index is 12.5. The van der Waals surface area contributed by atoms with Gasteiger partial charge in [0.05, 0.1) is 0 Å². The van der Waals surface area contributed by atoms with Gasteiger partial charge in [0, 0.05) is 11.6 Å². The molecule has 1 aromatic carbocycles. The largest absolute Gasteiger partial charge is 0.326 e. The average Bonchev–Trinajstić information content (AvgIpc) is 3.26. The summed E-state index contributed by atoms with van der Waals surface area (Å²) in [5.74, 6) is 2.37. The van der Waals surface area contributed by atoms with Crippen molar-refractivity contribution in [3.05, 3.63) is 29.8 Å². The number of hydrogen-bond donors (Lipinski definition) is 1. The highest BCUT2D eigenvalue weighted by atomic mass is 35.5. The first-order valence-corrected chi connectivity index (χ1v) is 8.99. The van der Waals surface area contributed by atoms with E-state index in [-0.39, 0.29) is 11.8 Å². The lowest BCUT2D eigenvalue weighted by Crippen LogP contribution is -2.15. The first-order valence-electron chi connectivity index (χ1n) is 8.24. The van der Waals surface area contributed by atoms with E-state index < -0.39 is 4.33 Å². The number of carbonyl (C=O) groups is 1. The van der Waals surface area contributed by atoms with E-state index in [2.05, 4.69) is 5.32 Å². The van der Waals surface area contributed by atoms with Crippen LogP contribution >= 0.6 is 23.2 Å². The van der Waals surface area contributed by atoms with Crippen molar-refractivity contribution in [2.75, 3.05) is 5.32 Å². The van der Waals surface area contributed by atoms with Gasteiger partial charge in [0.1, 0.15) is 4.33 Å². The quantitative estimate of drug-likeness (QED) is 0.772. The molecule has 4 heteroatoms. The van der Waals surface area contributed by atoms with Gasteiger partial charge in [-0.15, -0.1) is 23.2 Å². The van der Waals surface area contributed by atoms with Crippen molar-refractivity contribution in [3.63, 3.8) is 0 Å². The van der Waals surface area contributed by atoms with Crippen molar-refractivity contribution in [2.24, 2.45) is 29.6 Å². The Labute approximate surface area is 141 Å². The lowest BCUT2D eigenvalue weighted by atomic mass is 10.0. The monoisotopic (exact) mass is 337 g/mol. The average molecular weight is 338 g/mol. The molecular formula is C18H21Cl2NO. The smallest absolute Gasteiger partial charge is 0.228 e. The fourth-order valence-electron chi connectivity index (χ4n) is 4.48. The molecule has 3 aliphatic rings. The molecule has 0 heterocycles. The highest BCUT2D eigenvalue weighted by Crippen LogP contribution is 2.67. The molecule has 0 aliphatic heterocycles. The summed E-state index contributed by atoms with van der Waals surface area (Å²) in [5, 5.41) is 3.08. The molecule has 1 N–H and O–H groups in total. The van der Waals surface area contributed by atoms with Crippen LogP contribution in [0.3, 0.4) is 0 Å². The molecule has 4 rings (SSSR count). The molecule has 2 nitrogen and oxygen atoms in total. The number of carbonyl (C=O) groups excluding carboxylic acids is 1. The number of benzene rings is 1. The van der Waals surface area contributed by atoms with Gasteiger partial charge in [-0.2, -0.15) is 0 Å². The van der Waals surface area contributed by atoms with Crippen molar-refractivity contribution in [1.29, 1.82) is 0 Å². The van der Waals surface area contributed by atoms with Crippen LogP contribution in [0, 0.1) is 36.5 Å². The number of nitrogens with one attached hydrogen (secondary N) is 1. The molecule has 0 saturated heterocycles. The van der Waals surface area contributed by atoms with Crippen molar-refractivity contribution in [1.82, 2.24) is 0 Å². The Morgan fingerprint density at radius 1 is 1.05 bits per heavy atom. The minimum absolute atomic E-state index is 0.192. The highest BCUT2D eigenvalue weighted by Gasteiger charge is 2.65. The first-order chi connectivity index (χ1) is 10.5. The third-order valence-corrected chi connectivity index (χ3v) is 7.06. The normalized spacial score (nSPS) is 38.0. The van der Waals surface area contributed by atoms with Crippen LogP contribution in [0.5, 0.6) is 0 Å². The summed E-state index contributed by atoms with van der Waals surface area (Å²) < 4.78 is -0.476. The van der Waals surface area contributed by atoms with Crippen molar-refractivity contribution < 1.29 is 4.79 Å².